The summed E-state index contributed by atoms with van der Waals surface area (Å²) in [6.07, 6.45) is 7.88. The number of aliphatic carboxylic acids is 1. The third-order valence-corrected chi connectivity index (χ3v) is 6.24. The van der Waals surface area contributed by atoms with Crippen molar-refractivity contribution < 1.29 is 24.2 Å². The summed E-state index contributed by atoms with van der Waals surface area (Å²) in [7, 11) is 0. The highest BCUT2D eigenvalue weighted by Gasteiger charge is 2.43. The van der Waals surface area contributed by atoms with Gasteiger partial charge in [0.25, 0.3) is 0 Å². The molecule has 3 rings (SSSR count). The number of benzene rings is 1. The Balaban J connectivity index is 1.84. The number of carbonyl (C=O) groups is 2. The third kappa shape index (κ3) is 5.26. The number of nitrogens with one attached hydrogen (secondary N) is 2. The fourth-order valence-electron chi connectivity index (χ4n) is 4.65. The lowest BCUT2D eigenvalue weighted by atomic mass is 9.81. The number of fused-ring (bicyclic) bond motifs is 3. The van der Waals surface area contributed by atoms with Crippen LogP contribution in [0.4, 0.5) is 0 Å². The molecule has 2 aromatic rings. The Labute approximate surface area is 189 Å². The van der Waals surface area contributed by atoms with Gasteiger partial charge in [-0.05, 0) is 43.5 Å². The molecule has 0 bridgehead atoms. The molecule has 0 saturated heterocycles. The van der Waals surface area contributed by atoms with Gasteiger partial charge in [0, 0.05) is 22.5 Å². The summed E-state index contributed by atoms with van der Waals surface area (Å²) < 4.78 is 11.2. The molecular formula is C25H36N2O5. The molecule has 3 N–H and O–H groups in total. The molecule has 1 aromatic heterocycles. The summed E-state index contributed by atoms with van der Waals surface area (Å²) in [6, 6.07) is 4.10. The number of hydrogen-bond acceptors (Lipinski definition) is 5. The van der Waals surface area contributed by atoms with E-state index < -0.39 is 24.0 Å². The number of unbranched alkanes of at least 4 members (excludes halogenated alkanes) is 5. The Morgan fingerprint density at radius 2 is 1.81 bits per heavy atom. The fourth-order valence-corrected chi connectivity index (χ4v) is 4.65. The van der Waals surface area contributed by atoms with E-state index in [2.05, 4.69) is 17.2 Å². The molecule has 7 nitrogen and oxygen atoms in total. The van der Waals surface area contributed by atoms with Gasteiger partial charge in [-0.1, -0.05) is 46.0 Å². The topological polar surface area (TPSA) is 101 Å². The van der Waals surface area contributed by atoms with Crippen LogP contribution in [0.1, 0.15) is 88.9 Å². The molecule has 0 fully saturated rings. The lowest BCUT2D eigenvalue weighted by molar-refractivity contribution is -0.148. The van der Waals surface area contributed by atoms with E-state index in [1.165, 1.54) is 25.7 Å². The minimum absolute atomic E-state index is 0.192. The van der Waals surface area contributed by atoms with Crippen molar-refractivity contribution in [3.63, 3.8) is 0 Å². The molecule has 2 heterocycles. The predicted molar refractivity (Wildman–Crippen MR) is 124 cm³/mol. The molecule has 1 aromatic carbocycles. The molecule has 0 saturated carbocycles. The number of carboxylic acid groups (broad SMARTS) is 1. The van der Waals surface area contributed by atoms with E-state index in [9.17, 15) is 14.7 Å². The normalized spacial score (nSPS) is 20.2. The molecule has 176 valence electrons. The standard InChI is InChI=1S/C25H36N2O5/c1-4-7-8-9-10-11-14-32-16-12-13-19-18(15-16)20-17(5-2)21(25(30)31-6-3)27-23(24(28)29)22(20)26-19/h12-13,15,17,21,23,26-27H,4-11,14H2,1-3H3,(H,28,29). The maximum absolute atomic E-state index is 12.6. The van der Waals surface area contributed by atoms with E-state index in [1.807, 2.05) is 25.1 Å². The van der Waals surface area contributed by atoms with Crippen LogP contribution in [0.3, 0.4) is 0 Å². The lowest BCUT2D eigenvalue weighted by Gasteiger charge is -2.34. The number of aromatic nitrogens is 1. The number of carbonyl (C=O) groups excluding carboxylic acids is 1. The Morgan fingerprint density at radius 1 is 1.06 bits per heavy atom. The van der Waals surface area contributed by atoms with Gasteiger partial charge in [-0.15, -0.1) is 0 Å². The van der Waals surface area contributed by atoms with Gasteiger partial charge in [-0.2, -0.15) is 0 Å². The number of hydrogen-bond donors (Lipinski definition) is 3. The van der Waals surface area contributed by atoms with Crippen molar-refractivity contribution in [2.75, 3.05) is 13.2 Å². The summed E-state index contributed by atoms with van der Waals surface area (Å²) in [4.78, 5) is 27.9. The molecule has 3 unspecified atom stereocenters. The Morgan fingerprint density at radius 3 is 2.50 bits per heavy atom. The minimum atomic E-state index is -1.03. The van der Waals surface area contributed by atoms with Crippen LogP contribution in [-0.4, -0.2) is 41.3 Å². The maximum Gasteiger partial charge on any atom is 0.326 e. The highest BCUT2D eigenvalue weighted by Crippen LogP contribution is 2.42. The van der Waals surface area contributed by atoms with Gasteiger partial charge in [0.2, 0.25) is 0 Å². The molecule has 0 aliphatic carbocycles. The zero-order chi connectivity index (χ0) is 23.1. The molecule has 32 heavy (non-hydrogen) atoms. The predicted octanol–water partition coefficient (Wildman–Crippen LogP) is 5.06. The Bertz CT molecular complexity index is 922. The van der Waals surface area contributed by atoms with Gasteiger partial charge in [0.1, 0.15) is 17.8 Å². The highest BCUT2D eigenvalue weighted by atomic mass is 16.5. The number of ether oxygens (including phenoxy) is 2. The van der Waals surface area contributed by atoms with E-state index in [4.69, 9.17) is 9.47 Å². The van der Waals surface area contributed by atoms with Crippen LogP contribution in [-0.2, 0) is 14.3 Å². The summed E-state index contributed by atoms with van der Waals surface area (Å²) in [5.41, 5.74) is 2.32. The van der Waals surface area contributed by atoms with Crippen molar-refractivity contribution >= 4 is 22.8 Å². The zero-order valence-corrected chi connectivity index (χ0v) is 19.4. The van der Waals surface area contributed by atoms with Crippen molar-refractivity contribution in [2.24, 2.45) is 0 Å². The number of carboxylic acids is 1. The van der Waals surface area contributed by atoms with Crippen LogP contribution in [0.5, 0.6) is 5.75 Å². The zero-order valence-electron chi connectivity index (χ0n) is 19.4. The van der Waals surface area contributed by atoms with Crippen LogP contribution >= 0.6 is 0 Å². The largest absolute Gasteiger partial charge is 0.494 e. The first-order valence-corrected chi connectivity index (χ1v) is 12.0. The number of aromatic amines is 1. The van der Waals surface area contributed by atoms with Gasteiger partial charge in [0.05, 0.1) is 13.2 Å². The SMILES string of the molecule is CCCCCCCCOc1ccc2[nH]c3c(c2c1)C(CC)C(C(=O)OCC)NC3C(=O)O. The van der Waals surface area contributed by atoms with E-state index in [-0.39, 0.29) is 12.5 Å². The second-order valence-electron chi connectivity index (χ2n) is 8.46. The smallest absolute Gasteiger partial charge is 0.326 e. The molecule has 1 aliphatic rings. The van der Waals surface area contributed by atoms with Crippen molar-refractivity contribution in [3.05, 3.63) is 29.5 Å². The summed E-state index contributed by atoms with van der Waals surface area (Å²) >= 11 is 0. The summed E-state index contributed by atoms with van der Waals surface area (Å²) in [5, 5.41) is 13.7. The van der Waals surface area contributed by atoms with Crippen LogP contribution in [0.2, 0.25) is 0 Å². The monoisotopic (exact) mass is 444 g/mol. The van der Waals surface area contributed by atoms with E-state index in [0.29, 0.717) is 18.7 Å². The molecule has 3 atom stereocenters. The maximum atomic E-state index is 12.6. The first kappa shape index (κ1) is 24.1. The van der Waals surface area contributed by atoms with Crippen LogP contribution in [0.25, 0.3) is 10.9 Å². The van der Waals surface area contributed by atoms with Gasteiger partial charge in [-0.3, -0.25) is 14.9 Å². The molecule has 1 aliphatic heterocycles. The first-order chi connectivity index (χ1) is 15.5. The number of H-pyrrole nitrogens is 1. The molecule has 0 amide bonds. The molecular weight excluding hydrogens is 408 g/mol. The molecule has 0 spiro atoms. The quantitative estimate of drug-likeness (QED) is 0.312. The Kier molecular flexibility index (Phi) is 8.56. The Hall–Kier alpha value is -2.54. The second kappa shape index (κ2) is 11.4. The van der Waals surface area contributed by atoms with Crippen LogP contribution in [0, 0.1) is 0 Å². The summed E-state index contributed by atoms with van der Waals surface area (Å²) in [6.45, 7) is 6.88. The van der Waals surface area contributed by atoms with Crippen molar-refractivity contribution in [3.8, 4) is 5.75 Å². The van der Waals surface area contributed by atoms with Gasteiger partial charge < -0.3 is 19.6 Å². The molecule has 0 radical (unpaired) electrons. The van der Waals surface area contributed by atoms with Crippen molar-refractivity contribution in [1.82, 2.24) is 10.3 Å². The van der Waals surface area contributed by atoms with E-state index in [0.717, 1.165) is 35.1 Å². The number of esters is 1. The average Bonchev–Trinajstić information content (AvgIpc) is 3.16. The van der Waals surface area contributed by atoms with Gasteiger partial charge in [-0.25, -0.2) is 0 Å². The van der Waals surface area contributed by atoms with E-state index in [1.54, 1.807) is 6.92 Å². The van der Waals surface area contributed by atoms with Crippen molar-refractivity contribution in [1.29, 1.82) is 0 Å². The van der Waals surface area contributed by atoms with Crippen molar-refractivity contribution in [2.45, 2.75) is 83.7 Å². The molecule has 7 heteroatoms. The highest BCUT2D eigenvalue weighted by molar-refractivity contribution is 5.92. The lowest BCUT2D eigenvalue weighted by Crippen LogP contribution is -2.50. The van der Waals surface area contributed by atoms with E-state index >= 15 is 0 Å². The minimum Gasteiger partial charge on any atom is -0.494 e. The second-order valence-corrected chi connectivity index (χ2v) is 8.46. The number of rotatable bonds is 12. The van der Waals surface area contributed by atoms with Gasteiger partial charge in [0.15, 0.2) is 0 Å². The average molecular weight is 445 g/mol. The first-order valence-electron chi connectivity index (χ1n) is 12.0. The van der Waals surface area contributed by atoms with Gasteiger partial charge >= 0.3 is 11.9 Å². The van der Waals surface area contributed by atoms with Crippen LogP contribution < -0.4 is 10.1 Å². The fraction of sp³-hybridized carbons (Fsp3) is 0.600. The van der Waals surface area contributed by atoms with Crippen LogP contribution in [0.15, 0.2) is 18.2 Å². The third-order valence-electron chi connectivity index (χ3n) is 6.24. The summed E-state index contributed by atoms with van der Waals surface area (Å²) in [5.74, 6) is -0.870.